The second kappa shape index (κ2) is 5.71. The van der Waals surface area contributed by atoms with E-state index in [-0.39, 0.29) is 11.9 Å². The molecule has 20 heavy (non-hydrogen) atoms. The molecule has 5 nitrogen and oxygen atoms in total. The van der Waals surface area contributed by atoms with Crippen LogP contribution in [0.1, 0.15) is 20.3 Å². The highest BCUT2D eigenvalue weighted by atomic mass is 35.5. The summed E-state index contributed by atoms with van der Waals surface area (Å²) in [6, 6.07) is 6.71. The molecule has 1 aliphatic heterocycles. The lowest BCUT2D eigenvalue weighted by Crippen LogP contribution is -2.40. The average molecular weight is 297 g/mol. The van der Waals surface area contributed by atoms with E-state index in [9.17, 15) is 9.59 Å². The summed E-state index contributed by atoms with van der Waals surface area (Å²) in [6.07, 6.45) is 0.581. The highest BCUT2D eigenvalue weighted by Crippen LogP contribution is 2.18. The lowest BCUT2D eigenvalue weighted by Gasteiger charge is -2.16. The second-order valence-electron chi connectivity index (χ2n) is 5.17. The number of urea groups is 1. The molecule has 1 fully saturated rings. The Morgan fingerprint density at radius 3 is 2.45 bits per heavy atom. The van der Waals surface area contributed by atoms with Crippen molar-refractivity contribution >= 4 is 23.5 Å². The highest BCUT2D eigenvalue weighted by molar-refractivity contribution is 6.30. The van der Waals surface area contributed by atoms with E-state index in [2.05, 4.69) is 5.32 Å². The van der Waals surface area contributed by atoms with Crippen LogP contribution in [0.5, 0.6) is 5.75 Å². The number of rotatable bonds is 5. The van der Waals surface area contributed by atoms with Crippen molar-refractivity contribution in [3.63, 3.8) is 0 Å². The number of hydrogen-bond acceptors (Lipinski definition) is 3. The van der Waals surface area contributed by atoms with Gasteiger partial charge in [-0.3, -0.25) is 9.69 Å². The van der Waals surface area contributed by atoms with Gasteiger partial charge >= 0.3 is 6.03 Å². The van der Waals surface area contributed by atoms with Crippen molar-refractivity contribution in [1.29, 1.82) is 0 Å². The van der Waals surface area contributed by atoms with Gasteiger partial charge in [-0.15, -0.1) is 0 Å². The van der Waals surface area contributed by atoms with Gasteiger partial charge in [0.1, 0.15) is 11.3 Å². The first-order valence-corrected chi connectivity index (χ1v) is 6.80. The molecule has 0 aromatic heterocycles. The third kappa shape index (κ3) is 3.22. The monoisotopic (exact) mass is 296 g/mol. The third-order valence-electron chi connectivity index (χ3n) is 3.05. The van der Waals surface area contributed by atoms with Crippen LogP contribution in [-0.2, 0) is 4.79 Å². The predicted octanol–water partition coefficient (Wildman–Crippen LogP) is 2.44. The van der Waals surface area contributed by atoms with E-state index in [1.165, 1.54) is 4.90 Å². The molecule has 1 aromatic rings. The summed E-state index contributed by atoms with van der Waals surface area (Å²) >= 11 is 5.77. The van der Waals surface area contributed by atoms with Gasteiger partial charge in [-0.25, -0.2) is 4.79 Å². The van der Waals surface area contributed by atoms with Gasteiger partial charge < -0.3 is 10.1 Å². The SMILES string of the molecule is CC1(C)NC(=O)N(CCCOc2ccc(Cl)cc2)C1=O. The number of nitrogens with one attached hydrogen (secondary N) is 1. The molecule has 1 N–H and O–H groups in total. The standard InChI is InChI=1S/C14H17ClN2O3/c1-14(2)12(18)17(13(19)16-14)8-3-9-20-11-6-4-10(15)5-7-11/h4-7H,3,8-9H2,1-2H3,(H,16,19). The van der Waals surface area contributed by atoms with Crippen molar-refractivity contribution in [1.82, 2.24) is 10.2 Å². The maximum Gasteiger partial charge on any atom is 0.325 e. The van der Waals surface area contributed by atoms with Crippen molar-refractivity contribution in [2.24, 2.45) is 0 Å². The summed E-state index contributed by atoms with van der Waals surface area (Å²) in [5.41, 5.74) is -0.811. The zero-order valence-electron chi connectivity index (χ0n) is 11.5. The van der Waals surface area contributed by atoms with Crippen molar-refractivity contribution < 1.29 is 14.3 Å². The topological polar surface area (TPSA) is 58.6 Å². The summed E-state index contributed by atoms with van der Waals surface area (Å²) in [7, 11) is 0. The Bertz CT molecular complexity index is 514. The van der Waals surface area contributed by atoms with Crippen LogP contribution in [-0.4, -0.2) is 35.5 Å². The molecule has 2 rings (SSSR count). The summed E-state index contributed by atoms with van der Waals surface area (Å²) in [5.74, 6) is 0.515. The molecule has 0 bridgehead atoms. The minimum absolute atomic E-state index is 0.200. The van der Waals surface area contributed by atoms with Gasteiger partial charge in [-0.05, 0) is 44.5 Å². The zero-order valence-corrected chi connectivity index (χ0v) is 12.2. The zero-order chi connectivity index (χ0) is 14.8. The number of nitrogens with zero attached hydrogens (tertiary/aromatic N) is 1. The van der Waals surface area contributed by atoms with E-state index < -0.39 is 5.54 Å². The van der Waals surface area contributed by atoms with Gasteiger partial charge in [0.05, 0.1) is 6.61 Å². The predicted molar refractivity (Wildman–Crippen MR) is 75.9 cm³/mol. The van der Waals surface area contributed by atoms with Crippen LogP contribution >= 0.6 is 11.6 Å². The van der Waals surface area contributed by atoms with E-state index in [0.29, 0.717) is 30.3 Å². The minimum atomic E-state index is -0.811. The fourth-order valence-electron chi connectivity index (χ4n) is 1.96. The smallest absolute Gasteiger partial charge is 0.325 e. The van der Waals surface area contributed by atoms with E-state index >= 15 is 0 Å². The lowest BCUT2D eigenvalue weighted by molar-refractivity contribution is -0.130. The molecule has 1 heterocycles. The molecule has 0 unspecified atom stereocenters. The number of hydrogen-bond donors (Lipinski definition) is 1. The van der Waals surface area contributed by atoms with Crippen LogP contribution < -0.4 is 10.1 Å². The van der Waals surface area contributed by atoms with Gasteiger partial charge in [-0.1, -0.05) is 11.6 Å². The van der Waals surface area contributed by atoms with Crippen LogP contribution in [0.4, 0.5) is 4.79 Å². The van der Waals surface area contributed by atoms with Crippen LogP contribution in [0.15, 0.2) is 24.3 Å². The highest BCUT2D eigenvalue weighted by Gasteiger charge is 2.43. The molecule has 108 valence electrons. The van der Waals surface area contributed by atoms with Crippen molar-refractivity contribution in [3.8, 4) is 5.75 Å². The molecule has 0 spiro atoms. The first-order valence-electron chi connectivity index (χ1n) is 6.42. The first-order chi connectivity index (χ1) is 9.40. The molecule has 0 aliphatic carbocycles. The Balaban J connectivity index is 1.78. The third-order valence-corrected chi connectivity index (χ3v) is 3.30. The summed E-state index contributed by atoms with van der Waals surface area (Å²) < 4.78 is 5.51. The molecule has 0 saturated carbocycles. The fourth-order valence-corrected chi connectivity index (χ4v) is 2.09. The van der Waals surface area contributed by atoms with Crippen LogP contribution in [0, 0.1) is 0 Å². The van der Waals surface area contributed by atoms with E-state index in [4.69, 9.17) is 16.3 Å². The minimum Gasteiger partial charge on any atom is -0.494 e. The van der Waals surface area contributed by atoms with Crippen LogP contribution in [0.25, 0.3) is 0 Å². The molecule has 1 saturated heterocycles. The lowest BCUT2D eigenvalue weighted by atomic mass is 10.1. The number of halogens is 1. The first kappa shape index (κ1) is 14.7. The molecule has 3 amide bonds. The maximum absolute atomic E-state index is 11.9. The van der Waals surface area contributed by atoms with Gasteiger partial charge in [-0.2, -0.15) is 0 Å². The molecule has 6 heteroatoms. The number of ether oxygens (including phenoxy) is 1. The maximum atomic E-state index is 11.9. The van der Waals surface area contributed by atoms with Gasteiger partial charge in [0.2, 0.25) is 0 Å². The average Bonchev–Trinajstić information content (AvgIpc) is 2.58. The molecular weight excluding hydrogens is 280 g/mol. The Morgan fingerprint density at radius 2 is 1.90 bits per heavy atom. The number of amides is 3. The van der Waals surface area contributed by atoms with E-state index in [0.717, 1.165) is 0 Å². The van der Waals surface area contributed by atoms with Gasteiger partial charge in [0.15, 0.2) is 0 Å². The number of imide groups is 1. The van der Waals surface area contributed by atoms with E-state index in [1.807, 2.05) is 0 Å². The Morgan fingerprint density at radius 1 is 1.25 bits per heavy atom. The largest absolute Gasteiger partial charge is 0.494 e. The molecule has 1 aromatic carbocycles. The Hall–Kier alpha value is -1.75. The van der Waals surface area contributed by atoms with Crippen LogP contribution in [0.3, 0.4) is 0 Å². The molecular formula is C14H17ClN2O3. The Kier molecular flexibility index (Phi) is 4.18. The van der Waals surface area contributed by atoms with Gasteiger partial charge in [0.25, 0.3) is 5.91 Å². The number of carbonyl (C=O) groups is 2. The normalized spacial score (nSPS) is 17.2. The second-order valence-corrected chi connectivity index (χ2v) is 5.60. The van der Waals surface area contributed by atoms with Crippen molar-refractivity contribution in [2.75, 3.05) is 13.2 Å². The quantitative estimate of drug-likeness (QED) is 0.670. The number of benzene rings is 1. The van der Waals surface area contributed by atoms with E-state index in [1.54, 1.807) is 38.1 Å². The molecule has 0 atom stereocenters. The van der Waals surface area contributed by atoms with Crippen LogP contribution in [0.2, 0.25) is 5.02 Å². The van der Waals surface area contributed by atoms with Gasteiger partial charge in [0, 0.05) is 11.6 Å². The number of carbonyl (C=O) groups excluding carboxylic acids is 2. The Labute approximate surface area is 122 Å². The fraction of sp³-hybridized carbons (Fsp3) is 0.429. The molecule has 0 radical (unpaired) electrons. The van der Waals surface area contributed by atoms with Crippen molar-refractivity contribution in [2.45, 2.75) is 25.8 Å². The summed E-state index contributed by atoms with van der Waals surface area (Å²) in [4.78, 5) is 24.8. The summed E-state index contributed by atoms with van der Waals surface area (Å²) in [6.45, 7) is 4.16. The summed E-state index contributed by atoms with van der Waals surface area (Å²) in [5, 5.41) is 3.29. The molecule has 1 aliphatic rings. The van der Waals surface area contributed by atoms with Crippen molar-refractivity contribution in [3.05, 3.63) is 29.3 Å².